The number of ether oxygens (including phenoxy) is 2. The van der Waals surface area contributed by atoms with Crippen molar-refractivity contribution >= 4 is 39.2 Å². The molecule has 7 nitrogen and oxygen atoms in total. The van der Waals surface area contributed by atoms with Crippen LogP contribution in [0.1, 0.15) is 48.2 Å². The largest absolute Gasteiger partial charge is 0.454 e. The number of fused-ring (bicyclic) bond motifs is 4. The molecule has 0 fully saturated rings. The highest BCUT2D eigenvalue weighted by Gasteiger charge is 2.22. The maximum Gasteiger partial charge on any atom is 0.263 e. The molecular weight excluding hydrogens is 470 g/mol. The zero-order valence-electron chi connectivity index (χ0n) is 19.1. The van der Waals surface area contributed by atoms with Gasteiger partial charge in [-0.1, -0.05) is 30.3 Å². The van der Waals surface area contributed by atoms with Gasteiger partial charge in [0, 0.05) is 11.4 Å². The number of benzene rings is 1. The van der Waals surface area contributed by atoms with Gasteiger partial charge in [-0.15, -0.1) is 17.9 Å². The summed E-state index contributed by atoms with van der Waals surface area (Å²) in [6, 6.07) is 5.47. The lowest BCUT2D eigenvalue weighted by molar-refractivity contribution is -0.119. The van der Waals surface area contributed by atoms with E-state index in [1.807, 2.05) is 25.1 Å². The number of aryl methyl sites for hydroxylation is 2. The van der Waals surface area contributed by atoms with Gasteiger partial charge in [-0.2, -0.15) is 0 Å². The highest BCUT2D eigenvalue weighted by molar-refractivity contribution is 7.99. The molecule has 1 aromatic carbocycles. The van der Waals surface area contributed by atoms with Crippen LogP contribution in [0.25, 0.3) is 10.2 Å². The van der Waals surface area contributed by atoms with Crippen molar-refractivity contribution < 1.29 is 14.3 Å². The van der Waals surface area contributed by atoms with Crippen LogP contribution in [0.15, 0.2) is 40.8 Å². The monoisotopic (exact) mass is 497 g/mol. The van der Waals surface area contributed by atoms with E-state index in [2.05, 4.69) is 11.9 Å². The number of aromatic nitrogens is 2. The van der Waals surface area contributed by atoms with E-state index in [4.69, 9.17) is 14.5 Å². The molecule has 1 unspecified atom stereocenters. The minimum absolute atomic E-state index is 0.0269. The summed E-state index contributed by atoms with van der Waals surface area (Å²) < 4.78 is 12.4. The Balaban J connectivity index is 1.33. The normalized spacial score (nSPS) is 15.6. The van der Waals surface area contributed by atoms with Crippen molar-refractivity contribution in [1.82, 2.24) is 14.9 Å². The molecule has 3 heterocycles. The number of allylic oxidation sites excluding steroid dienone is 1. The summed E-state index contributed by atoms with van der Waals surface area (Å²) in [6.45, 7) is 6.32. The molecule has 2 aliphatic rings. The lowest BCUT2D eigenvalue weighted by atomic mass is 10.1. The molecule has 2 aromatic heterocycles. The van der Waals surface area contributed by atoms with Crippen LogP contribution in [0.5, 0.6) is 11.5 Å². The molecular formula is C25H27N3O4S2. The predicted molar refractivity (Wildman–Crippen MR) is 135 cm³/mol. The zero-order valence-corrected chi connectivity index (χ0v) is 20.7. The van der Waals surface area contributed by atoms with Crippen molar-refractivity contribution in [2.24, 2.45) is 0 Å². The fraction of sp³-hybridized carbons (Fsp3) is 0.400. The van der Waals surface area contributed by atoms with E-state index < -0.39 is 0 Å². The Morgan fingerprint density at radius 1 is 1.29 bits per heavy atom. The second kappa shape index (κ2) is 9.84. The molecule has 34 heavy (non-hydrogen) atoms. The molecule has 1 aliphatic carbocycles. The lowest BCUT2D eigenvalue weighted by Gasteiger charge is -2.15. The standard InChI is InChI=1S/C25H27N3O4S2/c1-3-11-28-24(30)22-17-7-5-4-6-8-20(17)34-23(22)27-25(28)33-13-21(29)26-15(2)16-9-10-18-19(12-16)32-14-31-18/h3,9-10,12,15H,1,4-8,11,13-14H2,2H3,(H,26,29). The van der Waals surface area contributed by atoms with Crippen LogP contribution in [0, 0.1) is 0 Å². The number of carbonyl (C=O) groups is 1. The predicted octanol–water partition coefficient (Wildman–Crippen LogP) is 4.61. The average molecular weight is 498 g/mol. The van der Waals surface area contributed by atoms with Gasteiger partial charge in [-0.25, -0.2) is 4.98 Å². The Labute approximate surface area is 206 Å². The highest BCUT2D eigenvalue weighted by Crippen LogP contribution is 2.35. The van der Waals surface area contributed by atoms with E-state index in [-0.39, 0.29) is 30.1 Å². The maximum atomic E-state index is 13.4. The van der Waals surface area contributed by atoms with Crippen molar-refractivity contribution in [3.8, 4) is 11.5 Å². The van der Waals surface area contributed by atoms with E-state index in [1.165, 1.54) is 28.6 Å². The molecule has 5 rings (SSSR count). The van der Waals surface area contributed by atoms with E-state index in [0.717, 1.165) is 41.5 Å². The Kier molecular flexibility index (Phi) is 6.65. The van der Waals surface area contributed by atoms with E-state index in [1.54, 1.807) is 22.0 Å². The van der Waals surface area contributed by atoms with Crippen molar-refractivity contribution in [3.05, 3.63) is 57.2 Å². The number of hydrogen-bond acceptors (Lipinski definition) is 7. The molecule has 178 valence electrons. The Morgan fingerprint density at radius 2 is 2.12 bits per heavy atom. The van der Waals surface area contributed by atoms with E-state index in [0.29, 0.717) is 23.2 Å². The number of hydrogen-bond donors (Lipinski definition) is 1. The lowest BCUT2D eigenvalue weighted by Crippen LogP contribution is -2.29. The third-order valence-corrected chi connectivity index (χ3v) is 8.37. The van der Waals surface area contributed by atoms with Crippen LogP contribution in [-0.4, -0.2) is 28.0 Å². The van der Waals surface area contributed by atoms with Crippen LogP contribution < -0.4 is 20.3 Å². The van der Waals surface area contributed by atoms with Crippen LogP contribution in [0.4, 0.5) is 0 Å². The first-order valence-corrected chi connectivity index (χ1v) is 13.3. The number of thioether (sulfide) groups is 1. The number of thiophene rings is 1. The van der Waals surface area contributed by atoms with Crippen LogP contribution in [0.2, 0.25) is 0 Å². The molecule has 1 atom stereocenters. The summed E-state index contributed by atoms with van der Waals surface area (Å²) >= 11 is 2.92. The molecule has 0 saturated carbocycles. The highest BCUT2D eigenvalue weighted by atomic mass is 32.2. The van der Waals surface area contributed by atoms with Gasteiger partial charge in [0.1, 0.15) is 4.83 Å². The molecule has 1 aliphatic heterocycles. The fourth-order valence-electron chi connectivity index (χ4n) is 4.48. The molecule has 0 saturated heterocycles. The van der Waals surface area contributed by atoms with Gasteiger partial charge in [-0.3, -0.25) is 14.2 Å². The number of carbonyl (C=O) groups excluding carboxylic acids is 1. The van der Waals surface area contributed by atoms with Crippen LogP contribution in [-0.2, 0) is 24.2 Å². The quantitative estimate of drug-likeness (QED) is 0.222. The number of nitrogens with zero attached hydrogens (tertiary/aromatic N) is 2. The summed E-state index contributed by atoms with van der Waals surface area (Å²) in [5, 5.41) is 4.33. The smallest absolute Gasteiger partial charge is 0.263 e. The second-order valence-electron chi connectivity index (χ2n) is 8.53. The molecule has 0 bridgehead atoms. The third kappa shape index (κ3) is 4.46. The number of rotatable bonds is 7. The average Bonchev–Trinajstić information content (AvgIpc) is 3.37. The Hall–Kier alpha value is -2.78. The summed E-state index contributed by atoms with van der Waals surface area (Å²) in [4.78, 5) is 33.1. The molecule has 1 amide bonds. The van der Waals surface area contributed by atoms with E-state index in [9.17, 15) is 9.59 Å². The van der Waals surface area contributed by atoms with Crippen LogP contribution >= 0.6 is 23.1 Å². The Bertz CT molecular complexity index is 1310. The third-order valence-electron chi connectivity index (χ3n) is 6.21. The van der Waals surface area contributed by atoms with Gasteiger partial charge in [0.2, 0.25) is 12.7 Å². The summed E-state index contributed by atoms with van der Waals surface area (Å²) in [6.07, 6.45) is 7.12. The van der Waals surface area contributed by atoms with Crippen molar-refractivity contribution in [2.45, 2.75) is 56.8 Å². The first-order valence-electron chi connectivity index (χ1n) is 11.5. The first kappa shape index (κ1) is 23.0. The Morgan fingerprint density at radius 3 is 2.97 bits per heavy atom. The van der Waals surface area contributed by atoms with E-state index >= 15 is 0 Å². The minimum Gasteiger partial charge on any atom is -0.454 e. The van der Waals surface area contributed by atoms with Gasteiger partial charge in [0.05, 0.1) is 17.2 Å². The van der Waals surface area contributed by atoms with Gasteiger partial charge in [-0.05, 0) is 55.9 Å². The molecule has 3 aromatic rings. The van der Waals surface area contributed by atoms with Gasteiger partial charge < -0.3 is 14.8 Å². The maximum absolute atomic E-state index is 13.4. The van der Waals surface area contributed by atoms with Crippen molar-refractivity contribution in [3.63, 3.8) is 0 Å². The zero-order chi connectivity index (χ0) is 23.7. The molecule has 1 N–H and O–H groups in total. The topological polar surface area (TPSA) is 82.5 Å². The van der Waals surface area contributed by atoms with Gasteiger partial charge in [0.25, 0.3) is 5.56 Å². The van der Waals surface area contributed by atoms with Gasteiger partial charge in [0.15, 0.2) is 16.7 Å². The first-order chi connectivity index (χ1) is 16.5. The summed E-state index contributed by atoms with van der Waals surface area (Å²) in [5.41, 5.74) is 2.09. The van der Waals surface area contributed by atoms with Crippen molar-refractivity contribution in [2.75, 3.05) is 12.5 Å². The molecule has 0 radical (unpaired) electrons. The van der Waals surface area contributed by atoms with Gasteiger partial charge >= 0.3 is 0 Å². The SMILES string of the molecule is C=CCn1c(SCC(=O)NC(C)c2ccc3c(c2)OCO3)nc2sc3c(c2c1=O)CCCCC3. The second-order valence-corrected chi connectivity index (χ2v) is 10.6. The fourth-order valence-corrected chi connectivity index (χ4v) is 6.60. The number of nitrogens with one attached hydrogen (secondary N) is 1. The molecule has 9 heteroatoms. The minimum atomic E-state index is -0.193. The molecule has 0 spiro atoms. The van der Waals surface area contributed by atoms with Crippen LogP contribution in [0.3, 0.4) is 0 Å². The number of amides is 1. The summed E-state index contributed by atoms with van der Waals surface area (Å²) in [5.74, 6) is 1.44. The summed E-state index contributed by atoms with van der Waals surface area (Å²) in [7, 11) is 0. The van der Waals surface area contributed by atoms with Crippen molar-refractivity contribution in [1.29, 1.82) is 0 Å².